The van der Waals surface area contributed by atoms with Crippen LogP contribution in [-0.2, 0) is 11.8 Å². The van der Waals surface area contributed by atoms with E-state index in [2.05, 4.69) is 33.7 Å². The third kappa shape index (κ3) is 2.65. The van der Waals surface area contributed by atoms with Crippen LogP contribution in [0.25, 0.3) is 15.9 Å². The Hall–Kier alpha value is -2.36. The summed E-state index contributed by atoms with van der Waals surface area (Å²) in [7, 11) is 3.99. The van der Waals surface area contributed by atoms with Gasteiger partial charge in [0.05, 0.1) is 0 Å². The average molecular weight is 498 g/mol. The second-order valence-corrected chi connectivity index (χ2v) is 11.2. The Morgan fingerprint density at radius 3 is 2.57 bits per heavy atom. The van der Waals surface area contributed by atoms with Gasteiger partial charge < -0.3 is 0 Å². The molecule has 0 atom stereocenters. The van der Waals surface area contributed by atoms with E-state index in [1.807, 2.05) is 38.4 Å². The third-order valence-corrected chi connectivity index (χ3v) is 9.95. The van der Waals surface area contributed by atoms with E-state index in [0.717, 1.165) is 20.4 Å². The SMILES string of the molecule is CN1/C(=C/C2=C([O-])C(=C\c3[se]c4ccccc4[n+]3C)/C2=O)[Se]c2ccccc21. The first kappa shape index (κ1) is 17.7. The molecule has 0 N–H and O–H groups in total. The second-order valence-electron chi connectivity index (χ2n) is 6.71. The Labute approximate surface area is 175 Å². The van der Waals surface area contributed by atoms with Gasteiger partial charge in [-0.1, -0.05) is 0 Å². The van der Waals surface area contributed by atoms with Gasteiger partial charge in [-0.05, 0) is 0 Å². The van der Waals surface area contributed by atoms with Gasteiger partial charge in [-0.15, -0.1) is 0 Å². The van der Waals surface area contributed by atoms with Crippen molar-refractivity contribution in [1.29, 1.82) is 0 Å². The summed E-state index contributed by atoms with van der Waals surface area (Å²) in [6.07, 6.45) is 3.59. The van der Waals surface area contributed by atoms with Crippen molar-refractivity contribution >= 4 is 61.2 Å². The van der Waals surface area contributed by atoms with E-state index in [4.69, 9.17) is 0 Å². The van der Waals surface area contributed by atoms with E-state index in [-0.39, 0.29) is 41.0 Å². The first-order valence-corrected chi connectivity index (χ1v) is 12.2. The average Bonchev–Trinajstić information content (AvgIpc) is 3.21. The van der Waals surface area contributed by atoms with Gasteiger partial charge in [0.25, 0.3) is 0 Å². The number of aryl methyl sites for hydroxylation is 1. The summed E-state index contributed by atoms with van der Waals surface area (Å²) >= 11 is 0.229. The molecule has 2 aromatic carbocycles. The molecule has 0 amide bonds. The number of rotatable bonds is 2. The number of para-hydroxylation sites is 2. The molecular weight excluding hydrogens is 482 g/mol. The van der Waals surface area contributed by atoms with E-state index < -0.39 is 0 Å². The minimum absolute atomic E-state index is 0.115. The number of anilines is 1. The Balaban J connectivity index is 1.50. The molecule has 3 aromatic rings. The Kier molecular flexibility index (Phi) is 4.18. The van der Waals surface area contributed by atoms with E-state index in [0.29, 0.717) is 11.1 Å². The summed E-state index contributed by atoms with van der Waals surface area (Å²) < 4.78 is 6.74. The number of nitrogens with zero attached hydrogens (tertiary/aromatic N) is 2. The van der Waals surface area contributed by atoms with Crippen LogP contribution in [0.4, 0.5) is 5.69 Å². The number of carbonyl (C=O) groups excluding carboxylic acids is 1. The van der Waals surface area contributed by atoms with E-state index in [1.165, 1.54) is 8.72 Å². The quantitative estimate of drug-likeness (QED) is 0.296. The van der Waals surface area contributed by atoms with E-state index in [9.17, 15) is 9.90 Å². The number of ketones is 1. The topological polar surface area (TPSA) is 47.2 Å². The van der Waals surface area contributed by atoms with Gasteiger partial charge in [-0.25, -0.2) is 0 Å². The molecule has 0 unspecified atom stereocenters. The number of fused-ring (bicyclic) bond motifs is 2. The van der Waals surface area contributed by atoms with Crippen molar-refractivity contribution < 1.29 is 14.5 Å². The van der Waals surface area contributed by atoms with Gasteiger partial charge in [-0.2, -0.15) is 0 Å². The normalized spacial score (nSPS) is 19.1. The molecule has 4 nitrogen and oxygen atoms in total. The molecule has 6 heteroatoms. The maximum absolute atomic E-state index is 12.7. The summed E-state index contributed by atoms with van der Waals surface area (Å²) in [6.45, 7) is 0. The number of Topliss-reactive ketones (excluding diaryl/α,β-unsaturated/α-hetero) is 1. The zero-order chi connectivity index (χ0) is 19.4. The van der Waals surface area contributed by atoms with Gasteiger partial charge in [0.2, 0.25) is 0 Å². The van der Waals surface area contributed by atoms with Crippen LogP contribution in [0.1, 0.15) is 4.57 Å². The van der Waals surface area contributed by atoms with Crippen LogP contribution < -0.4 is 19.0 Å². The van der Waals surface area contributed by atoms with E-state index >= 15 is 0 Å². The molecule has 1 aliphatic heterocycles. The summed E-state index contributed by atoms with van der Waals surface area (Å²) in [5.41, 5.74) is 2.95. The fourth-order valence-corrected chi connectivity index (χ4v) is 8.03. The molecule has 0 bridgehead atoms. The molecule has 2 heterocycles. The molecule has 0 radical (unpaired) electrons. The summed E-state index contributed by atoms with van der Waals surface area (Å²) in [5.74, 6) is -0.268. The molecular formula is C22H16N2O2Se2. The van der Waals surface area contributed by atoms with Crippen LogP contribution >= 0.6 is 0 Å². The van der Waals surface area contributed by atoms with Crippen LogP contribution in [0.15, 0.2) is 76.1 Å². The molecule has 2 aliphatic rings. The Morgan fingerprint density at radius 2 is 1.82 bits per heavy atom. The minimum atomic E-state index is -0.134. The van der Waals surface area contributed by atoms with Gasteiger partial charge in [-0.3, -0.25) is 0 Å². The van der Waals surface area contributed by atoms with Crippen molar-refractivity contribution in [3.05, 3.63) is 80.7 Å². The van der Waals surface area contributed by atoms with Crippen LogP contribution in [0.5, 0.6) is 0 Å². The summed E-state index contributed by atoms with van der Waals surface area (Å²) in [6, 6.07) is 16.4. The number of carbonyl (C=O) groups is 1. The van der Waals surface area contributed by atoms with Crippen molar-refractivity contribution in [2.45, 2.75) is 0 Å². The molecule has 0 spiro atoms. The first-order valence-electron chi connectivity index (χ1n) is 8.82. The zero-order valence-electron chi connectivity index (χ0n) is 15.3. The third-order valence-electron chi connectivity index (χ3n) is 5.06. The second kappa shape index (κ2) is 6.61. The van der Waals surface area contributed by atoms with Crippen molar-refractivity contribution in [2.24, 2.45) is 7.05 Å². The van der Waals surface area contributed by atoms with Gasteiger partial charge >= 0.3 is 175 Å². The molecule has 0 saturated heterocycles. The standard InChI is InChI=1S/C22H16N2O2Se2/c1-23-15-7-3-5-9-17(15)27-19(23)11-13-21(25)14(22(13)26)12-20-24(2)16-8-4-6-10-18(16)28-20/h3-12H,1-2H3. The number of benzene rings is 2. The number of aromatic nitrogens is 1. The molecule has 1 aromatic heterocycles. The fourth-order valence-electron chi connectivity index (χ4n) is 3.44. The van der Waals surface area contributed by atoms with Crippen LogP contribution in [0.2, 0.25) is 0 Å². The molecule has 0 fully saturated rings. The van der Waals surface area contributed by atoms with Crippen LogP contribution in [0.3, 0.4) is 0 Å². The molecule has 0 saturated carbocycles. The predicted molar refractivity (Wildman–Crippen MR) is 110 cm³/mol. The van der Waals surface area contributed by atoms with Crippen molar-refractivity contribution in [3.63, 3.8) is 0 Å². The first-order chi connectivity index (χ1) is 13.5. The van der Waals surface area contributed by atoms with Crippen molar-refractivity contribution in [3.8, 4) is 0 Å². The predicted octanol–water partition coefficient (Wildman–Crippen LogP) is 0.623. The van der Waals surface area contributed by atoms with Gasteiger partial charge in [0.15, 0.2) is 0 Å². The summed E-state index contributed by atoms with van der Waals surface area (Å²) in [5, 5.41) is 12.7. The van der Waals surface area contributed by atoms with Gasteiger partial charge in [0, 0.05) is 0 Å². The van der Waals surface area contributed by atoms with Crippen LogP contribution in [0, 0.1) is 0 Å². The van der Waals surface area contributed by atoms with E-state index in [1.54, 1.807) is 12.2 Å². The molecule has 5 rings (SSSR count). The zero-order valence-corrected chi connectivity index (χ0v) is 18.7. The molecule has 28 heavy (non-hydrogen) atoms. The monoisotopic (exact) mass is 500 g/mol. The number of hydrogen-bond acceptors (Lipinski definition) is 3. The maximum atomic E-state index is 12.7. The Bertz CT molecular complexity index is 1250. The van der Waals surface area contributed by atoms with Gasteiger partial charge in [0.1, 0.15) is 0 Å². The summed E-state index contributed by atoms with van der Waals surface area (Å²) in [4.78, 5) is 14.8. The molecule has 138 valence electrons. The van der Waals surface area contributed by atoms with Crippen molar-refractivity contribution in [2.75, 3.05) is 11.9 Å². The van der Waals surface area contributed by atoms with Crippen LogP contribution in [-0.4, -0.2) is 42.3 Å². The molecule has 1 aliphatic carbocycles. The van der Waals surface area contributed by atoms with Crippen molar-refractivity contribution in [1.82, 2.24) is 0 Å². The number of allylic oxidation sites excluding steroid dienone is 3. The Morgan fingerprint density at radius 1 is 1.07 bits per heavy atom. The fraction of sp³-hybridized carbons (Fsp3) is 0.0909. The number of hydrogen-bond donors (Lipinski definition) is 0.